The summed E-state index contributed by atoms with van der Waals surface area (Å²) in [4.78, 5) is 12.7. The van der Waals surface area contributed by atoms with Crippen LogP contribution in [-0.2, 0) is 4.79 Å². The minimum Gasteiger partial charge on any atom is -0.398 e. The van der Waals surface area contributed by atoms with E-state index in [1.54, 1.807) is 6.07 Å². The molecular weight excluding hydrogens is 263 g/mol. The zero-order valence-electron chi connectivity index (χ0n) is 11.6. The van der Waals surface area contributed by atoms with Crippen molar-refractivity contribution in [1.29, 1.82) is 0 Å². The number of nitrogen functional groups attached to an aromatic ring is 1. The van der Waals surface area contributed by atoms with Gasteiger partial charge in [-0.25, -0.2) is 4.39 Å². The maximum absolute atomic E-state index is 12.9. The van der Waals surface area contributed by atoms with Crippen LogP contribution in [0.25, 0.3) is 0 Å². The molecule has 0 radical (unpaired) electrons. The van der Waals surface area contributed by atoms with Crippen molar-refractivity contribution < 1.29 is 9.18 Å². The molecule has 0 fully saturated rings. The van der Waals surface area contributed by atoms with Gasteiger partial charge in [-0.05, 0) is 38.5 Å². The number of amides is 1. The summed E-state index contributed by atoms with van der Waals surface area (Å²) in [7, 11) is 0. The number of carbonyl (C=O) groups excluding carboxylic acids is 1. The van der Waals surface area contributed by atoms with E-state index in [2.05, 4.69) is 12.2 Å². The minimum absolute atomic E-state index is 0.0188. The molecule has 1 amide bonds. The fourth-order valence-corrected chi connectivity index (χ4v) is 2.63. The van der Waals surface area contributed by atoms with Crippen molar-refractivity contribution in [3.8, 4) is 0 Å². The molecule has 2 atom stereocenters. The van der Waals surface area contributed by atoms with Crippen LogP contribution in [0.1, 0.15) is 33.6 Å². The number of nitrogens with one attached hydrogen (secondary N) is 1. The lowest BCUT2D eigenvalue weighted by Crippen LogP contribution is -2.37. The van der Waals surface area contributed by atoms with Gasteiger partial charge in [-0.15, -0.1) is 11.8 Å². The molecule has 1 aromatic carbocycles. The van der Waals surface area contributed by atoms with E-state index >= 15 is 0 Å². The summed E-state index contributed by atoms with van der Waals surface area (Å²) < 4.78 is 12.9. The molecule has 2 unspecified atom stereocenters. The Balaban J connectivity index is 2.58. The molecule has 0 heterocycles. The third kappa shape index (κ3) is 5.11. The fraction of sp³-hybridized carbons (Fsp3) is 0.500. The Morgan fingerprint density at radius 2 is 2.16 bits per heavy atom. The number of hydrogen-bond acceptors (Lipinski definition) is 3. The quantitative estimate of drug-likeness (QED) is 0.623. The minimum atomic E-state index is -0.365. The smallest absolute Gasteiger partial charge is 0.233 e. The van der Waals surface area contributed by atoms with Gasteiger partial charge in [-0.3, -0.25) is 4.79 Å². The van der Waals surface area contributed by atoms with Crippen LogP contribution in [0.2, 0.25) is 0 Å². The number of halogens is 1. The normalized spacial score (nSPS) is 13.9. The second-order valence-electron chi connectivity index (χ2n) is 4.64. The fourth-order valence-electron chi connectivity index (χ4n) is 1.74. The molecule has 0 saturated heterocycles. The van der Waals surface area contributed by atoms with Crippen molar-refractivity contribution in [2.24, 2.45) is 0 Å². The second-order valence-corrected chi connectivity index (χ2v) is 6.02. The molecule has 1 aromatic rings. The van der Waals surface area contributed by atoms with Gasteiger partial charge in [-0.2, -0.15) is 0 Å². The predicted octanol–water partition coefficient (Wildman–Crippen LogP) is 3.19. The summed E-state index contributed by atoms with van der Waals surface area (Å²) in [5.41, 5.74) is 6.09. The average molecular weight is 284 g/mol. The summed E-state index contributed by atoms with van der Waals surface area (Å²) in [5.74, 6) is -0.384. The Bertz CT molecular complexity index is 439. The molecule has 3 nitrogen and oxygen atoms in total. The lowest BCUT2D eigenvalue weighted by Gasteiger charge is -2.17. The summed E-state index contributed by atoms with van der Waals surface area (Å²) in [6.45, 7) is 5.90. The first-order chi connectivity index (χ1) is 8.93. The van der Waals surface area contributed by atoms with Gasteiger partial charge in [-0.1, -0.05) is 13.3 Å². The maximum atomic E-state index is 12.9. The van der Waals surface area contributed by atoms with Gasteiger partial charge in [0.2, 0.25) is 5.91 Å². The van der Waals surface area contributed by atoms with E-state index in [1.165, 1.54) is 23.9 Å². The number of thioether (sulfide) groups is 1. The lowest BCUT2D eigenvalue weighted by molar-refractivity contribution is -0.120. The van der Waals surface area contributed by atoms with Crippen LogP contribution < -0.4 is 11.1 Å². The SMILES string of the molecule is CCCC(C)NC(=O)C(C)Sc1ccc(F)cc1N. The molecule has 0 aliphatic rings. The van der Waals surface area contributed by atoms with Gasteiger partial charge in [0.05, 0.1) is 5.25 Å². The topological polar surface area (TPSA) is 55.1 Å². The molecule has 0 saturated carbocycles. The van der Waals surface area contributed by atoms with Crippen LogP contribution in [0.5, 0.6) is 0 Å². The van der Waals surface area contributed by atoms with E-state index in [9.17, 15) is 9.18 Å². The first-order valence-electron chi connectivity index (χ1n) is 6.46. The molecule has 0 aliphatic heterocycles. The number of nitrogens with two attached hydrogens (primary N) is 1. The highest BCUT2D eigenvalue weighted by atomic mass is 32.2. The van der Waals surface area contributed by atoms with Gasteiger partial charge in [0.15, 0.2) is 0 Å². The van der Waals surface area contributed by atoms with Gasteiger partial charge < -0.3 is 11.1 Å². The van der Waals surface area contributed by atoms with Crippen molar-refractivity contribution in [2.45, 2.75) is 49.8 Å². The Kier molecular flexibility index (Phi) is 6.15. The largest absolute Gasteiger partial charge is 0.398 e. The first kappa shape index (κ1) is 15.8. The van der Waals surface area contributed by atoms with E-state index in [0.29, 0.717) is 5.69 Å². The van der Waals surface area contributed by atoms with Crippen LogP contribution in [0, 0.1) is 5.82 Å². The molecule has 1 rings (SSSR count). The standard InChI is InChI=1S/C14H21FN2OS/c1-4-5-9(2)17-14(18)10(3)19-13-7-6-11(15)8-12(13)16/h6-10H,4-5,16H2,1-3H3,(H,17,18). The number of carbonyl (C=O) groups is 1. The Labute approximate surface area is 118 Å². The van der Waals surface area contributed by atoms with Gasteiger partial charge in [0, 0.05) is 16.6 Å². The summed E-state index contributed by atoms with van der Waals surface area (Å²) in [6, 6.07) is 4.40. The van der Waals surface area contributed by atoms with Crippen molar-refractivity contribution in [3.05, 3.63) is 24.0 Å². The van der Waals surface area contributed by atoms with E-state index < -0.39 is 0 Å². The highest BCUT2D eigenvalue weighted by molar-refractivity contribution is 8.00. The lowest BCUT2D eigenvalue weighted by atomic mass is 10.2. The Morgan fingerprint density at radius 3 is 2.74 bits per heavy atom. The number of rotatable bonds is 6. The third-order valence-corrected chi connectivity index (χ3v) is 3.95. The van der Waals surface area contributed by atoms with Crippen LogP contribution in [0.15, 0.2) is 23.1 Å². The van der Waals surface area contributed by atoms with Crippen LogP contribution >= 0.6 is 11.8 Å². The van der Waals surface area contributed by atoms with Crippen LogP contribution in [-0.4, -0.2) is 17.2 Å². The molecule has 0 aromatic heterocycles. The highest BCUT2D eigenvalue weighted by Gasteiger charge is 2.17. The van der Waals surface area contributed by atoms with Gasteiger partial charge in [0.1, 0.15) is 5.82 Å². The first-order valence-corrected chi connectivity index (χ1v) is 7.34. The summed E-state index contributed by atoms with van der Waals surface area (Å²) in [6.07, 6.45) is 2.00. The molecule has 5 heteroatoms. The van der Waals surface area contributed by atoms with E-state index in [1.807, 2.05) is 13.8 Å². The average Bonchev–Trinajstić information content (AvgIpc) is 2.32. The third-order valence-electron chi connectivity index (χ3n) is 2.76. The predicted molar refractivity (Wildman–Crippen MR) is 78.6 cm³/mol. The number of anilines is 1. The van der Waals surface area contributed by atoms with Gasteiger partial charge in [0.25, 0.3) is 0 Å². The molecule has 3 N–H and O–H groups in total. The van der Waals surface area contributed by atoms with Crippen molar-refractivity contribution >= 4 is 23.4 Å². The molecule has 0 aliphatic carbocycles. The Hall–Kier alpha value is -1.23. The summed E-state index contributed by atoms with van der Waals surface area (Å²) >= 11 is 1.34. The van der Waals surface area contributed by atoms with E-state index in [-0.39, 0.29) is 23.0 Å². The van der Waals surface area contributed by atoms with Crippen LogP contribution in [0.3, 0.4) is 0 Å². The van der Waals surface area contributed by atoms with Crippen molar-refractivity contribution in [3.63, 3.8) is 0 Å². The van der Waals surface area contributed by atoms with Crippen molar-refractivity contribution in [2.75, 3.05) is 5.73 Å². The van der Waals surface area contributed by atoms with Crippen molar-refractivity contribution in [1.82, 2.24) is 5.32 Å². The number of benzene rings is 1. The van der Waals surface area contributed by atoms with E-state index in [0.717, 1.165) is 17.7 Å². The molecule has 19 heavy (non-hydrogen) atoms. The molecule has 0 bridgehead atoms. The van der Waals surface area contributed by atoms with Crippen LogP contribution in [0.4, 0.5) is 10.1 Å². The zero-order chi connectivity index (χ0) is 14.4. The maximum Gasteiger partial charge on any atom is 0.233 e. The highest BCUT2D eigenvalue weighted by Crippen LogP contribution is 2.29. The van der Waals surface area contributed by atoms with Gasteiger partial charge >= 0.3 is 0 Å². The molecular formula is C14H21FN2OS. The molecule has 106 valence electrons. The van der Waals surface area contributed by atoms with E-state index in [4.69, 9.17) is 5.73 Å². The number of hydrogen-bond donors (Lipinski definition) is 2. The molecule has 0 spiro atoms. The zero-order valence-corrected chi connectivity index (χ0v) is 12.4. The summed E-state index contributed by atoms with van der Waals surface area (Å²) in [5, 5.41) is 2.70. The monoisotopic (exact) mass is 284 g/mol. The second kappa shape index (κ2) is 7.38. The Morgan fingerprint density at radius 1 is 1.47 bits per heavy atom.